The van der Waals surface area contributed by atoms with E-state index in [0.717, 1.165) is 5.71 Å². The third-order valence-corrected chi connectivity index (χ3v) is 1.68. The van der Waals surface area contributed by atoms with Crippen LogP contribution >= 0.6 is 0 Å². The molecule has 0 amide bonds. The van der Waals surface area contributed by atoms with Crippen molar-refractivity contribution in [1.82, 2.24) is 0 Å². The standard InChI is InChI=1S/C10H16FN/c1-6-10(8(4)11)12-9(5)7(2)3/h6-7H,4H2,1-3,5H3/b10-6-,12-9+. The molecule has 1 nitrogen and oxygen atoms in total. The first-order chi connectivity index (χ1) is 5.49. The Morgan fingerprint density at radius 3 is 2.25 bits per heavy atom. The van der Waals surface area contributed by atoms with Crippen LogP contribution in [-0.2, 0) is 0 Å². The summed E-state index contributed by atoms with van der Waals surface area (Å²) >= 11 is 0. The lowest BCUT2D eigenvalue weighted by Gasteiger charge is -2.04. The summed E-state index contributed by atoms with van der Waals surface area (Å²) in [5, 5.41) is 0. The summed E-state index contributed by atoms with van der Waals surface area (Å²) in [6, 6.07) is 0. The highest BCUT2D eigenvalue weighted by atomic mass is 19.1. The van der Waals surface area contributed by atoms with Gasteiger partial charge >= 0.3 is 0 Å². The van der Waals surface area contributed by atoms with Gasteiger partial charge < -0.3 is 0 Å². The maximum absolute atomic E-state index is 12.6. The third-order valence-electron chi connectivity index (χ3n) is 1.68. The molecule has 0 aliphatic rings. The van der Waals surface area contributed by atoms with Gasteiger partial charge in [0.05, 0.1) is 5.70 Å². The lowest BCUT2D eigenvalue weighted by atomic mass is 10.1. The summed E-state index contributed by atoms with van der Waals surface area (Å²) in [4.78, 5) is 4.10. The average molecular weight is 169 g/mol. The van der Waals surface area contributed by atoms with Crippen LogP contribution in [0.3, 0.4) is 0 Å². The predicted octanol–water partition coefficient (Wildman–Crippen LogP) is 3.49. The Kier molecular flexibility index (Phi) is 4.49. The van der Waals surface area contributed by atoms with Crippen molar-refractivity contribution in [2.75, 3.05) is 0 Å². The Hall–Kier alpha value is -0.920. The molecule has 0 fully saturated rings. The predicted molar refractivity (Wildman–Crippen MR) is 52.0 cm³/mol. The molecule has 12 heavy (non-hydrogen) atoms. The van der Waals surface area contributed by atoms with E-state index in [-0.39, 0.29) is 0 Å². The average Bonchev–Trinajstić information content (AvgIpc) is 1.98. The van der Waals surface area contributed by atoms with Crippen LogP contribution in [0.25, 0.3) is 0 Å². The maximum atomic E-state index is 12.6. The summed E-state index contributed by atoms with van der Waals surface area (Å²) in [6.07, 6.45) is 1.62. The topological polar surface area (TPSA) is 12.4 Å². The number of allylic oxidation sites excluding steroid dienone is 2. The summed E-state index contributed by atoms with van der Waals surface area (Å²) in [7, 11) is 0. The van der Waals surface area contributed by atoms with Crippen molar-refractivity contribution in [3.63, 3.8) is 0 Å². The van der Waals surface area contributed by atoms with Gasteiger partial charge in [-0.1, -0.05) is 26.5 Å². The molecule has 68 valence electrons. The molecule has 0 saturated carbocycles. The number of hydrogen-bond acceptors (Lipinski definition) is 1. The normalized spacial score (nSPS) is 13.8. The molecule has 0 aromatic heterocycles. The second-order valence-electron chi connectivity index (χ2n) is 2.99. The molecule has 0 rings (SSSR count). The van der Waals surface area contributed by atoms with Crippen LogP contribution in [-0.4, -0.2) is 5.71 Å². The molecular weight excluding hydrogens is 153 g/mol. The van der Waals surface area contributed by atoms with E-state index in [1.54, 1.807) is 13.0 Å². The van der Waals surface area contributed by atoms with Gasteiger partial charge in [0.2, 0.25) is 0 Å². The van der Waals surface area contributed by atoms with E-state index in [0.29, 0.717) is 11.6 Å². The first kappa shape index (κ1) is 11.1. The Labute approximate surface area is 73.7 Å². The van der Waals surface area contributed by atoms with Crippen LogP contribution in [0.5, 0.6) is 0 Å². The highest BCUT2D eigenvalue weighted by Gasteiger charge is 2.01. The molecule has 0 aromatic rings. The Balaban J connectivity index is 4.60. The zero-order valence-electron chi connectivity index (χ0n) is 8.19. The largest absolute Gasteiger partial charge is 0.255 e. The molecule has 0 aromatic carbocycles. The van der Waals surface area contributed by atoms with E-state index in [1.807, 2.05) is 20.8 Å². The number of hydrogen-bond donors (Lipinski definition) is 0. The molecule has 0 radical (unpaired) electrons. The Morgan fingerprint density at radius 2 is 2.00 bits per heavy atom. The third kappa shape index (κ3) is 3.46. The number of nitrogens with zero attached hydrogens (tertiary/aromatic N) is 1. The van der Waals surface area contributed by atoms with Gasteiger partial charge in [-0.25, -0.2) is 4.39 Å². The van der Waals surface area contributed by atoms with E-state index in [9.17, 15) is 4.39 Å². The van der Waals surface area contributed by atoms with Crippen LogP contribution in [0.15, 0.2) is 29.2 Å². The van der Waals surface area contributed by atoms with E-state index in [2.05, 4.69) is 11.6 Å². The second-order valence-corrected chi connectivity index (χ2v) is 2.99. The fourth-order valence-electron chi connectivity index (χ4n) is 0.601. The van der Waals surface area contributed by atoms with Crippen molar-refractivity contribution >= 4 is 5.71 Å². The highest BCUT2D eigenvalue weighted by Crippen LogP contribution is 2.12. The lowest BCUT2D eigenvalue weighted by molar-refractivity contribution is 0.652. The molecule has 0 atom stereocenters. The second kappa shape index (κ2) is 4.86. The number of aliphatic imine (C=N–C) groups is 1. The Bertz CT molecular complexity index is 224. The van der Waals surface area contributed by atoms with Gasteiger partial charge in [-0.3, -0.25) is 4.99 Å². The van der Waals surface area contributed by atoms with Crippen LogP contribution < -0.4 is 0 Å². The quantitative estimate of drug-likeness (QED) is 0.453. The summed E-state index contributed by atoms with van der Waals surface area (Å²) in [6.45, 7) is 10.9. The minimum atomic E-state index is -0.475. The maximum Gasteiger partial charge on any atom is 0.141 e. The number of halogens is 1. The molecular formula is C10H16FN. The minimum absolute atomic E-state index is 0.334. The van der Waals surface area contributed by atoms with Crippen LogP contribution in [0, 0.1) is 5.92 Å². The van der Waals surface area contributed by atoms with Crippen molar-refractivity contribution in [2.45, 2.75) is 27.7 Å². The molecule has 0 unspecified atom stereocenters. The molecule has 0 aliphatic heterocycles. The minimum Gasteiger partial charge on any atom is -0.255 e. The van der Waals surface area contributed by atoms with E-state index in [1.165, 1.54) is 0 Å². The van der Waals surface area contributed by atoms with Crippen molar-refractivity contribution in [3.8, 4) is 0 Å². The first-order valence-electron chi connectivity index (χ1n) is 4.05. The molecule has 0 heterocycles. The van der Waals surface area contributed by atoms with Gasteiger partial charge in [0, 0.05) is 5.71 Å². The van der Waals surface area contributed by atoms with Gasteiger partial charge in [-0.05, 0) is 19.8 Å². The number of rotatable bonds is 3. The van der Waals surface area contributed by atoms with Crippen LogP contribution in [0.2, 0.25) is 0 Å². The van der Waals surface area contributed by atoms with Crippen molar-refractivity contribution in [1.29, 1.82) is 0 Å². The van der Waals surface area contributed by atoms with Crippen molar-refractivity contribution in [3.05, 3.63) is 24.2 Å². The molecule has 0 saturated heterocycles. The smallest absolute Gasteiger partial charge is 0.141 e. The zero-order valence-corrected chi connectivity index (χ0v) is 8.19. The fourth-order valence-corrected chi connectivity index (χ4v) is 0.601. The SMILES string of the molecule is C=C(F)C(=C/C)/N=C(\C)C(C)C. The van der Waals surface area contributed by atoms with Crippen molar-refractivity contribution < 1.29 is 4.39 Å². The first-order valence-corrected chi connectivity index (χ1v) is 4.05. The van der Waals surface area contributed by atoms with Gasteiger partial charge in [0.1, 0.15) is 5.83 Å². The van der Waals surface area contributed by atoms with E-state index in [4.69, 9.17) is 0 Å². The lowest BCUT2D eigenvalue weighted by Crippen LogP contribution is -2.02. The molecule has 2 heteroatoms. The highest BCUT2D eigenvalue weighted by molar-refractivity contribution is 5.84. The van der Waals surface area contributed by atoms with Gasteiger partial charge in [-0.2, -0.15) is 0 Å². The van der Waals surface area contributed by atoms with Crippen LogP contribution in [0.4, 0.5) is 4.39 Å². The van der Waals surface area contributed by atoms with E-state index >= 15 is 0 Å². The molecule has 0 N–H and O–H groups in total. The molecule has 0 bridgehead atoms. The molecule has 0 spiro atoms. The van der Waals surface area contributed by atoms with Gasteiger partial charge in [0.15, 0.2) is 0 Å². The van der Waals surface area contributed by atoms with Gasteiger partial charge in [0.25, 0.3) is 0 Å². The summed E-state index contributed by atoms with van der Waals surface area (Å²) in [5.41, 5.74) is 1.25. The summed E-state index contributed by atoms with van der Waals surface area (Å²) in [5.74, 6) is -0.128. The Morgan fingerprint density at radius 1 is 1.50 bits per heavy atom. The summed E-state index contributed by atoms with van der Waals surface area (Å²) < 4.78 is 12.6. The zero-order chi connectivity index (χ0) is 9.72. The van der Waals surface area contributed by atoms with Crippen LogP contribution in [0.1, 0.15) is 27.7 Å². The van der Waals surface area contributed by atoms with Crippen molar-refractivity contribution in [2.24, 2.45) is 10.9 Å². The van der Waals surface area contributed by atoms with E-state index < -0.39 is 5.83 Å². The molecule has 0 aliphatic carbocycles. The van der Waals surface area contributed by atoms with Gasteiger partial charge in [-0.15, -0.1) is 0 Å². The monoisotopic (exact) mass is 169 g/mol. The fraction of sp³-hybridized carbons (Fsp3) is 0.500.